The van der Waals surface area contributed by atoms with Crippen LogP contribution in [0, 0.1) is 30.0 Å². The van der Waals surface area contributed by atoms with Crippen LogP contribution < -0.4 is 10.4 Å². The number of carbonyl (C=O) groups is 1. The Hall–Kier alpha value is -3.72. The molecule has 0 saturated heterocycles. The van der Waals surface area contributed by atoms with Gasteiger partial charge >= 0.3 is 0 Å². The van der Waals surface area contributed by atoms with E-state index in [1.54, 1.807) is 30.5 Å². The van der Waals surface area contributed by atoms with Crippen LogP contribution in [0.5, 0.6) is 0 Å². The monoisotopic (exact) mass is 621 g/mol. The first-order valence-electron chi connectivity index (χ1n) is 15.8. The fourth-order valence-corrected chi connectivity index (χ4v) is 6.35. The average molecular weight is 622 g/mol. The minimum atomic E-state index is -3.08. The minimum absolute atomic E-state index is 0.117. The smallest absolute Gasteiger partial charge is 0.273 e. The minimum Gasteiger partial charge on any atom is -0.340 e. The van der Waals surface area contributed by atoms with Gasteiger partial charge in [-0.2, -0.15) is 0 Å². The van der Waals surface area contributed by atoms with Gasteiger partial charge in [-0.1, -0.05) is 33.3 Å². The number of imidazole rings is 1. The zero-order valence-corrected chi connectivity index (χ0v) is 27.5. The summed E-state index contributed by atoms with van der Waals surface area (Å²) in [5, 5.41) is 1.80. The summed E-state index contributed by atoms with van der Waals surface area (Å²) in [6, 6.07) is 8.64. The predicted molar refractivity (Wildman–Crippen MR) is 173 cm³/mol. The molecule has 1 saturated carbocycles. The highest BCUT2D eigenvalue weighted by Gasteiger charge is 2.50. The molecule has 0 aliphatic heterocycles. The third-order valence-electron chi connectivity index (χ3n) is 8.38. The molecule has 0 amide bonds. The van der Waals surface area contributed by atoms with Crippen LogP contribution >= 0.6 is 0 Å². The van der Waals surface area contributed by atoms with Gasteiger partial charge in [-0.25, -0.2) is 23.6 Å². The van der Waals surface area contributed by atoms with Crippen molar-refractivity contribution in [3.05, 3.63) is 101 Å². The molecule has 2 atom stereocenters. The van der Waals surface area contributed by atoms with Crippen LogP contribution in [0.2, 0.25) is 0 Å². The molecule has 4 bridgehead atoms. The first-order valence-corrected chi connectivity index (χ1v) is 15.8. The second-order valence-electron chi connectivity index (χ2n) is 13.2. The number of alkyl halides is 2. The normalized spacial score (nSPS) is 21.9. The topological polar surface area (TPSA) is 63.1 Å². The molecule has 1 aromatic carbocycles. The van der Waals surface area contributed by atoms with Gasteiger partial charge in [0, 0.05) is 38.5 Å². The van der Waals surface area contributed by atoms with Crippen molar-refractivity contribution >= 4 is 11.5 Å². The second kappa shape index (κ2) is 14.1. The Kier molecular flexibility index (Phi) is 10.7. The van der Waals surface area contributed by atoms with Crippen LogP contribution in [0.4, 0.5) is 18.9 Å². The van der Waals surface area contributed by atoms with E-state index in [0.29, 0.717) is 24.4 Å². The van der Waals surface area contributed by atoms with E-state index in [1.165, 1.54) is 30.5 Å². The van der Waals surface area contributed by atoms with Gasteiger partial charge in [0.05, 0.1) is 28.8 Å². The lowest BCUT2D eigenvalue weighted by Crippen LogP contribution is -2.44. The summed E-state index contributed by atoms with van der Waals surface area (Å²) < 4.78 is 45.8. The predicted octanol–water partition coefficient (Wildman–Crippen LogP) is 8.71. The summed E-state index contributed by atoms with van der Waals surface area (Å²) in [5.74, 6) is -2.42. The number of carbonyl (C=O) groups excluding carboxylic acids is 1. The maximum Gasteiger partial charge on any atom is 0.273 e. The molecular formula is C36H46F3N5O. The first kappa shape index (κ1) is 34.2. The van der Waals surface area contributed by atoms with Crippen molar-refractivity contribution in [2.24, 2.45) is 24.3 Å². The molecule has 6 rings (SSSR count). The molecule has 1 spiro atoms. The fourth-order valence-electron chi connectivity index (χ4n) is 6.35. The van der Waals surface area contributed by atoms with Gasteiger partial charge in [-0.3, -0.25) is 14.8 Å². The number of anilines is 1. The Morgan fingerprint density at radius 3 is 2.36 bits per heavy atom. The third kappa shape index (κ3) is 7.93. The molecule has 242 valence electrons. The lowest BCUT2D eigenvalue weighted by molar-refractivity contribution is -0.0139. The Morgan fingerprint density at radius 2 is 1.78 bits per heavy atom. The molecule has 2 heterocycles. The highest BCUT2D eigenvalue weighted by atomic mass is 19.3. The Balaban J connectivity index is 0.000000356. The van der Waals surface area contributed by atoms with Crippen molar-refractivity contribution in [1.82, 2.24) is 20.0 Å². The van der Waals surface area contributed by atoms with E-state index in [1.807, 2.05) is 30.8 Å². The van der Waals surface area contributed by atoms with Gasteiger partial charge in [0.1, 0.15) is 11.5 Å². The lowest BCUT2D eigenvalue weighted by Gasteiger charge is -2.46. The number of nitrogens with one attached hydrogen (secondary N) is 1. The van der Waals surface area contributed by atoms with Crippen molar-refractivity contribution < 1.29 is 18.0 Å². The van der Waals surface area contributed by atoms with E-state index in [4.69, 9.17) is 0 Å². The molecule has 45 heavy (non-hydrogen) atoms. The molecule has 0 radical (unpaired) electrons. The maximum absolute atomic E-state index is 15.2. The van der Waals surface area contributed by atoms with E-state index in [-0.39, 0.29) is 35.7 Å². The van der Waals surface area contributed by atoms with Gasteiger partial charge in [0.2, 0.25) is 0 Å². The van der Waals surface area contributed by atoms with Crippen LogP contribution in [0.15, 0.2) is 78.0 Å². The number of aromatic nitrogens is 3. The molecule has 6 nitrogen and oxygen atoms in total. The summed E-state index contributed by atoms with van der Waals surface area (Å²) in [7, 11) is 3.70. The number of Topliss-reactive ketones (excluding diaryl/α,β-unsaturated/α-hetero) is 1. The van der Waals surface area contributed by atoms with Crippen molar-refractivity contribution in [2.75, 3.05) is 12.1 Å². The molecule has 3 aromatic rings. The Morgan fingerprint density at radius 1 is 1.09 bits per heavy atom. The fraction of sp³-hybridized carbons (Fsp3) is 0.472. The van der Waals surface area contributed by atoms with E-state index in [0.717, 1.165) is 41.3 Å². The Bertz CT molecular complexity index is 1520. The number of hydrazine groups is 1. The van der Waals surface area contributed by atoms with E-state index >= 15 is 8.78 Å². The number of allylic oxidation sites excluding steroid dienone is 3. The van der Waals surface area contributed by atoms with Crippen LogP contribution in [-0.2, 0) is 13.0 Å². The van der Waals surface area contributed by atoms with Gasteiger partial charge in [0.25, 0.3) is 5.92 Å². The van der Waals surface area contributed by atoms with Crippen molar-refractivity contribution in [3.63, 3.8) is 0 Å². The summed E-state index contributed by atoms with van der Waals surface area (Å²) in [6.07, 6.45) is 9.66. The van der Waals surface area contributed by atoms with Gasteiger partial charge < -0.3 is 4.57 Å². The summed E-state index contributed by atoms with van der Waals surface area (Å²) in [5.41, 5.74) is 6.68. The van der Waals surface area contributed by atoms with E-state index in [9.17, 15) is 9.18 Å². The molecule has 1 fully saturated rings. The first-order chi connectivity index (χ1) is 21.3. The highest BCUT2D eigenvalue weighted by molar-refractivity contribution is 6.02. The number of ketones is 1. The molecule has 0 unspecified atom stereocenters. The molecule has 3 aliphatic carbocycles. The molecule has 2 aromatic heterocycles. The average Bonchev–Trinajstić information content (AvgIpc) is 3.38. The van der Waals surface area contributed by atoms with Crippen LogP contribution in [0.25, 0.3) is 0 Å². The van der Waals surface area contributed by atoms with E-state index < -0.39 is 11.3 Å². The highest BCUT2D eigenvalue weighted by Crippen LogP contribution is 2.54. The number of hydrogen-bond donors (Lipinski definition) is 1. The molecule has 1 N–H and O–H groups in total. The second-order valence-corrected chi connectivity index (χ2v) is 13.2. The number of halogens is 3. The Labute approximate surface area is 265 Å². The number of hydrogen-bond acceptors (Lipinski definition) is 5. The zero-order valence-electron chi connectivity index (χ0n) is 27.5. The van der Waals surface area contributed by atoms with Crippen molar-refractivity contribution in [3.8, 4) is 0 Å². The van der Waals surface area contributed by atoms with Gasteiger partial charge in [0.15, 0.2) is 5.78 Å². The van der Waals surface area contributed by atoms with Crippen LogP contribution in [0.1, 0.15) is 88.0 Å². The third-order valence-corrected chi connectivity index (χ3v) is 8.38. The number of pyridine rings is 1. The van der Waals surface area contributed by atoms with Gasteiger partial charge in [-0.05, 0) is 98.9 Å². The maximum atomic E-state index is 15.2. The molecular weight excluding hydrogens is 575 g/mol. The summed E-state index contributed by atoms with van der Waals surface area (Å²) in [6.45, 7) is 10.6. The number of benzene rings is 1. The van der Waals surface area contributed by atoms with Crippen molar-refractivity contribution in [1.29, 1.82) is 0 Å². The quantitative estimate of drug-likeness (QED) is 0.297. The largest absolute Gasteiger partial charge is 0.340 e. The van der Waals surface area contributed by atoms with Crippen LogP contribution in [-0.4, -0.2) is 27.4 Å². The SMILES string of the molecule is CC(C)C.CNN(C1=C2CCC(F)(F)c3ccnc(c3)C(=O)[C@@]3(C2)C[C@@H](C)CCC3=C1)c1ccc(F)cc1.Cc1cn(C)cn1. The summed E-state index contributed by atoms with van der Waals surface area (Å²) in [4.78, 5) is 22.2. The van der Waals surface area contributed by atoms with Gasteiger partial charge in [-0.15, -0.1) is 0 Å². The molecule has 9 heteroatoms. The van der Waals surface area contributed by atoms with Crippen LogP contribution in [0.3, 0.4) is 0 Å². The molecule has 3 aliphatic rings. The number of rotatable bonds is 3. The zero-order chi connectivity index (χ0) is 32.9. The van der Waals surface area contributed by atoms with Crippen molar-refractivity contribution in [2.45, 2.75) is 79.1 Å². The van der Waals surface area contributed by atoms with E-state index in [2.05, 4.69) is 43.1 Å². The number of aryl methyl sites for hydroxylation is 2. The lowest BCUT2D eigenvalue weighted by atomic mass is 9.58. The number of fused-ring (bicyclic) bond motifs is 3. The summed E-state index contributed by atoms with van der Waals surface area (Å²) >= 11 is 0. The standard InChI is InChI=1S/C27H28F3N3O.C5H8N2.C4H10/c1-17-3-4-19-14-24(33(31-2)22-7-5-21(28)6-8-22)18-9-11-27(29,30)20-10-12-32-23(13-20)25(34)26(19,15-17)16-18;1-5-3-7(2)4-6-5;1-4(2)3/h5-8,10,12-14,17,31H,3-4,9,11,15-16H2,1-2H3;3-4H,1-2H3;4H,1-3H3/t17-,26+;;/m0../s1. The number of nitrogens with zero attached hydrogens (tertiary/aromatic N) is 4.